The summed E-state index contributed by atoms with van der Waals surface area (Å²) in [5.74, 6) is 0.936. The fourth-order valence-electron chi connectivity index (χ4n) is 2.17. The number of methoxy groups -OCH3 is 2. The van der Waals surface area contributed by atoms with E-state index in [2.05, 4.69) is 22.9 Å². The molecule has 0 radical (unpaired) electrons. The van der Waals surface area contributed by atoms with Gasteiger partial charge in [-0.2, -0.15) is 0 Å². The van der Waals surface area contributed by atoms with Crippen molar-refractivity contribution in [2.75, 3.05) is 19.5 Å². The van der Waals surface area contributed by atoms with Crippen LogP contribution in [0.15, 0.2) is 18.2 Å². The zero-order valence-electron chi connectivity index (χ0n) is 15.4. The minimum absolute atomic E-state index is 0.145. The van der Waals surface area contributed by atoms with E-state index in [4.69, 9.17) is 56.5 Å². The second kappa shape index (κ2) is 11.6. The molecule has 0 saturated heterocycles. The average Bonchev–Trinajstić information content (AvgIpc) is 2.60. The van der Waals surface area contributed by atoms with E-state index in [0.717, 1.165) is 19.3 Å². The number of benzene rings is 1. The van der Waals surface area contributed by atoms with Gasteiger partial charge in [-0.3, -0.25) is 4.79 Å². The van der Waals surface area contributed by atoms with Crippen LogP contribution in [0, 0.1) is 0 Å². The first-order chi connectivity index (χ1) is 12.7. The lowest BCUT2D eigenvalue weighted by atomic mass is 10.2. The van der Waals surface area contributed by atoms with Gasteiger partial charge in [0.25, 0.3) is 0 Å². The number of halogens is 3. The molecule has 0 fully saturated rings. The third-order valence-corrected chi connectivity index (χ3v) is 4.44. The maximum absolute atomic E-state index is 12.1. The highest BCUT2D eigenvalue weighted by molar-refractivity contribution is 7.80. The molecule has 1 aromatic rings. The highest BCUT2D eigenvalue weighted by atomic mass is 35.6. The third-order valence-electron chi connectivity index (χ3n) is 3.57. The molecule has 0 aliphatic carbocycles. The molecule has 0 aliphatic rings. The second-order valence-corrected chi connectivity index (χ2v) is 8.44. The Labute approximate surface area is 180 Å². The van der Waals surface area contributed by atoms with Gasteiger partial charge in [0.05, 0.1) is 19.9 Å². The molecule has 0 saturated carbocycles. The van der Waals surface area contributed by atoms with Crippen LogP contribution in [0.1, 0.15) is 32.6 Å². The summed E-state index contributed by atoms with van der Waals surface area (Å²) in [4.78, 5) is 12.1. The SMILES string of the molecule is CCCCCC(=O)NC(NC(=S)Nc1cc(OC)ccc1OC)C(Cl)(Cl)Cl. The topological polar surface area (TPSA) is 71.6 Å². The number of alkyl halides is 3. The largest absolute Gasteiger partial charge is 0.497 e. The summed E-state index contributed by atoms with van der Waals surface area (Å²) in [6, 6.07) is 5.19. The van der Waals surface area contributed by atoms with Gasteiger partial charge in [0.15, 0.2) is 5.11 Å². The minimum atomic E-state index is -1.80. The Morgan fingerprint density at radius 3 is 2.44 bits per heavy atom. The van der Waals surface area contributed by atoms with Gasteiger partial charge in [-0.05, 0) is 30.8 Å². The fraction of sp³-hybridized carbons (Fsp3) is 0.529. The Kier molecular flexibility index (Phi) is 10.3. The number of hydrogen-bond donors (Lipinski definition) is 3. The van der Waals surface area contributed by atoms with Crippen molar-refractivity contribution in [3.05, 3.63) is 18.2 Å². The van der Waals surface area contributed by atoms with Crippen molar-refractivity contribution in [3.8, 4) is 11.5 Å². The zero-order valence-corrected chi connectivity index (χ0v) is 18.5. The molecular weight excluding hydrogens is 433 g/mol. The fourth-order valence-corrected chi connectivity index (χ4v) is 2.72. The van der Waals surface area contributed by atoms with Gasteiger partial charge in [0.1, 0.15) is 17.7 Å². The quantitative estimate of drug-likeness (QED) is 0.222. The van der Waals surface area contributed by atoms with Crippen LogP contribution in [0.3, 0.4) is 0 Å². The van der Waals surface area contributed by atoms with Crippen LogP contribution in [0.2, 0.25) is 0 Å². The molecule has 1 amide bonds. The lowest BCUT2D eigenvalue weighted by molar-refractivity contribution is -0.122. The molecule has 27 heavy (non-hydrogen) atoms. The smallest absolute Gasteiger partial charge is 0.228 e. The number of ether oxygens (including phenoxy) is 2. The summed E-state index contributed by atoms with van der Waals surface area (Å²) in [6.45, 7) is 2.06. The molecule has 0 bridgehead atoms. The van der Waals surface area contributed by atoms with Crippen molar-refractivity contribution < 1.29 is 14.3 Å². The Bertz CT molecular complexity index is 642. The first kappa shape index (κ1) is 23.9. The van der Waals surface area contributed by atoms with E-state index in [0.29, 0.717) is 23.6 Å². The van der Waals surface area contributed by atoms with Crippen LogP contribution in [-0.4, -0.2) is 35.2 Å². The summed E-state index contributed by atoms with van der Waals surface area (Å²) in [5, 5.41) is 8.56. The second-order valence-electron chi connectivity index (χ2n) is 5.66. The molecule has 10 heteroatoms. The van der Waals surface area contributed by atoms with Gasteiger partial charge in [0, 0.05) is 12.5 Å². The van der Waals surface area contributed by atoms with E-state index < -0.39 is 9.96 Å². The first-order valence-electron chi connectivity index (χ1n) is 8.36. The number of amides is 1. The highest BCUT2D eigenvalue weighted by Gasteiger charge is 2.34. The highest BCUT2D eigenvalue weighted by Crippen LogP contribution is 2.31. The van der Waals surface area contributed by atoms with Crippen LogP contribution in [0.5, 0.6) is 11.5 Å². The van der Waals surface area contributed by atoms with Crippen molar-refractivity contribution in [3.63, 3.8) is 0 Å². The Balaban J connectivity index is 2.78. The van der Waals surface area contributed by atoms with Crippen molar-refractivity contribution >= 4 is 63.7 Å². The molecule has 0 aromatic heterocycles. The molecule has 6 nitrogen and oxygen atoms in total. The van der Waals surface area contributed by atoms with Gasteiger partial charge in [-0.15, -0.1) is 0 Å². The summed E-state index contributed by atoms with van der Waals surface area (Å²) in [7, 11) is 3.08. The standard InChI is InChI=1S/C17H24Cl3N3O3S/c1-4-5-6-7-14(24)22-15(17(18,19)20)23-16(27)21-12-10-11(25-2)8-9-13(12)26-3/h8-10,15H,4-7H2,1-3H3,(H,22,24)(H2,21,23,27). The third kappa shape index (κ3) is 8.60. The number of carbonyl (C=O) groups excluding carboxylic acids is 1. The lowest BCUT2D eigenvalue weighted by Gasteiger charge is -2.28. The molecule has 1 rings (SSSR count). The predicted molar refractivity (Wildman–Crippen MR) is 115 cm³/mol. The average molecular weight is 457 g/mol. The molecule has 1 aromatic carbocycles. The summed E-state index contributed by atoms with van der Waals surface area (Å²) in [6.07, 6.45) is 2.06. The van der Waals surface area contributed by atoms with Gasteiger partial charge in [0.2, 0.25) is 9.70 Å². The van der Waals surface area contributed by atoms with Gasteiger partial charge >= 0.3 is 0 Å². The van der Waals surface area contributed by atoms with E-state index in [1.54, 1.807) is 25.3 Å². The number of nitrogens with one attached hydrogen (secondary N) is 3. The van der Waals surface area contributed by atoms with E-state index in [1.165, 1.54) is 7.11 Å². The Morgan fingerprint density at radius 2 is 1.89 bits per heavy atom. The van der Waals surface area contributed by atoms with Crippen LogP contribution < -0.4 is 25.4 Å². The number of thiocarbonyl (C=S) groups is 1. The zero-order chi connectivity index (χ0) is 20.4. The maximum Gasteiger partial charge on any atom is 0.228 e. The van der Waals surface area contributed by atoms with Gasteiger partial charge in [-0.25, -0.2) is 0 Å². The molecule has 152 valence electrons. The van der Waals surface area contributed by atoms with E-state index in [1.807, 2.05) is 0 Å². The van der Waals surface area contributed by atoms with Gasteiger partial charge in [-0.1, -0.05) is 54.6 Å². The van der Waals surface area contributed by atoms with Gasteiger partial charge < -0.3 is 25.4 Å². The van der Waals surface area contributed by atoms with Crippen LogP contribution in [0.4, 0.5) is 5.69 Å². The van der Waals surface area contributed by atoms with Crippen molar-refractivity contribution in [2.45, 2.75) is 42.6 Å². The predicted octanol–water partition coefficient (Wildman–Crippen LogP) is 4.38. The van der Waals surface area contributed by atoms with E-state index >= 15 is 0 Å². The number of anilines is 1. The normalized spacial score (nSPS) is 12.1. The number of unbranched alkanes of at least 4 members (excludes halogenated alkanes) is 2. The molecule has 1 unspecified atom stereocenters. The molecular formula is C17H24Cl3N3O3S. The number of carbonyl (C=O) groups is 1. The van der Waals surface area contributed by atoms with E-state index in [-0.39, 0.29) is 11.0 Å². The van der Waals surface area contributed by atoms with Crippen LogP contribution in [-0.2, 0) is 4.79 Å². The molecule has 0 spiro atoms. The Hall–Kier alpha value is -1.15. The monoisotopic (exact) mass is 455 g/mol. The molecule has 1 atom stereocenters. The maximum atomic E-state index is 12.1. The van der Waals surface area contributed by atoms with Crippen molar-refractivity contribution in [1.29, 1.82) is 0 Å². The number of rotatable bonds is 9. The van der Waals surface area contributed by atoms with Crippen LogP contribution in [0.25, 0.3) is 0 Å². The summed E-state index contributed by atoms with van der Waals surface area (Å²) >= 11 is 23.2. The summed E-state index contributed by atoms with van der Waals surface area (Å²) < 4.78 is 8.67. The first-order valence-corrected chi connectivity index (χ1v) is 9.91. The summed E-state index contributed by atoms with van der Waals surface area (Å²) in [5.41, 5.74) is 0.562. The van der Waals surface area contributed by atoms with Crippen LogP contribution >= 0.6 is 47.0 Å². The van der Waals surface area contributed by atoms with Crippen molar-refractivity contribution in [1.82, 2.24) is 10.6 Å². The molecule has 0 aliphatic heterocycles. The lowest BCUT2D eigenvalue weighted by Crippen LogP contribution is -2.56. The number of hydrogen-bond acceptors (Lipinski definition) is 4. The van der Waals surface area contributed by atoms with E-state index in [9.17, 15) is 4.79 Å². The molecule has 3 N–H and O–H groups in total. The minimum Gasteiger partial charge on any atom is -0.497 e. The Morgan fingerprint density at radius 1 is 1.19 bits per heavy atom. The van der Waals surface area contributed by atoms with Crippen molar-refractivity contribution in [2.24, 2.45) is 0 Å². The molecule has 0 heterocycles.